The van der Waals surface area contributed by atoms with Crippen LogP contribution >= 0.6 is 0 Å². The molecule has 3 N–H and O–H groups in total. The average Bonchev–Trinajstić information content (AvgIpc) is 3.57. The standard InChI is InChI=1S/C38H39N5O3/c1-22-26(7-6-8-32(22)43-21-24-19-25(38(2,3)4)10-12-27(24)37(43)46)28-13-14-30(35(39)44)34-33(28)29-11-9-23(20-31(29)40-34)36(45)42-17-15-41(5)16-18-42/h6-14,19-20,40H,15-18,21H2,1-5H3,(H2,39,44). The SMILES string of the molecule is Cc1c(-c2ccc(C(N)=O)c3[nH]c4cc(C(=O)N5CCN(C)CC5)ccc4c23)cccc1N1Cc2cc(C(C)(C)C)ccc2C1=O. The van der Waals surface area contributed by atoms with E-state index in [9.17, 15) is 14.4 Å². The summed E-state index contributed by atoms with van der Waals surface area (Å²) in [5, 5.41) is 1.75. The number of piperazine rings is 1. The zero-order valence-electron chi connectivity index (χ0n) is 27.0. The summed E-state index contributed by atoms with van der Waals surface area (Å²) in [4.78, 5) is 49.0. The van der Waals surface area contributed by atoms with E-state index >= 15 is 0 Å². The molecule has 1 aromatic heterocycles. The van der Waals surface area contributed by atoms with Gasteiger partial charge in [-0.15, -0.1) is 0 Å². The molecular formula is C38H39N5O3. The molecule has 1 saturated heterocycles. The van der Waals surface area contributed by atoms with Crippen molar-refractivity contribution in [2.45, 2.75) is 39.7 Å². The number of nitrogens with zero attached hydrogens (tertiary/aromatic N) is 3. The van der Waals surface area contributed by atoms with E-state index in [4.69, 9.17) is 5.73 Å². The number of primary amides is 1. The number of H-pyrrole nitrogens is 1. The quantitative estimate of drug-likeness (QED) is 0.251. The number of aromatic nitrogens is 1. The number of rotatable bonds is 4. The molecule has 0 radical (unpaired) electrons. The number of carbonyl (C=O) groups is 3. The molecule has 2 aliphatic rings. The Labute approximate surface area is 268 Å². The van der Waals surface area contributed by atoms with Crippen molar-refractivity contribution in [1.82, 2.24) is 14.8 Å². The zero-order chi connectivity index (χ0) is 32.5. The molecule has 0 atom stereocenters. The van der Waals surface area contributed by atoms with Crippen molar-refractivity contribution < 1.29 is 14.4 Å². The molecule has 4 aromatic carbocycles. The Hall–Kier alpha value is -4.95. The van der Waals surface area contributed by atoms with Crippen molar-refractivity contribution in [2.24, 2.45) is 5.73 Å². The Morgan fingerprint density at radius 2 is 1.61 bits per heavy atom. The smallest absolute Gasteiger partial charge is 0.258 e. The van der Waals surface area contributed by atoms with Gasteiger partial charge in [0, 0.05) is 59.3 Å². The van der Waals surface area contributed by atoms with Crippen molar-refractivity contribution in [2.75, 3.05) is 38.1 Å². The molecule has 0 aliphatic carbocycles. The third kappa shape index (κ3) is 4.84. The van der Waals surface area contributed by atoms with Gasteiger partial charge >= 0.3 is 0 Å². The van der Waals surface area contributed by atoms with Gasteiger partial charge in [-0.1, -0.05) is 57.2 Å². The minimum atomic E-state index is -0.530. The van der Waals surface area contributed by atoms with Crippen LogP contribution in [0.15, 0.2) is 66.7 Å². The first kappa shape index (κ1) is 29.7. The maximum atomic E-state index is 13.7. The van der Waals surface area contributed by atoms with Gasteiger partial charge in [-0.2, -0.15) is 0 Å². The fourth-order valence-electron chi connectivity index (χ4n) is 6.96. The Balaban J connectivity index is 1.32. The van der Waals surface area contributed by atoms with Crippen molar-refractivity contribution >= 4 is 45.2 Å². The third-order valence-corrected chi connectivity index (χ3v) is 9.72. The third-order valence-electron chi connectivity index (χ3n) is 9.72. The molecule has 2 aliphatic heterocycles. The Kier molecular flexibility index (Phi) is 7.01. The van der Waals surface area contributed by atoms with E-state index in [1.807, 2.05) is 65.3 Å². The Morgan fingerprint density at radius 1 is 0.870 bits per heavy atom. The van der Waals surface area contributed by atoms with Crippen molar-refractivity contribution in [3.05, 3.63) is 100 Å². The molecule has 8 nitrogen and oxygen atoms in total. The Bertz CT molecular complexity index is 2080. The van der Waals surface area contributed by atoms with E-state index in [0.717, 1.165) is 62.9 Å². The van der Waals surface area contributed by atoms with Gasteiger partial charge in [0.2, 0.25) is 0 Å². The summed E-state index contributed by atoms with van der Waals surface area (Å²) < 4.78 is 0. The predicted molar refractivity (Wildman–Crippen MR) is 184 cm³/mol. The highest BCUT2D eigenvalue weighted by atomic mass is 16.2. The molecule has 0 unspecified atom stereocenters. The highest BCUT2D eigenvalue weighted by Gasteiger charge is 2.31. The summed E-state index contributed by atoms with van der Waals surface area (Å²) in [5.41, 5.74) is 14.9. The van der Waals surface area contributed by atoms with E-state index in [1.54, 1.807) is 6.07 Å². The summed E-state index contributed by atoms with van der Waals surface area (Å²) in [5.74, 6) is -0.537. The average molecular weight is 614 g/mol. The van der Waals surface area contributed by atoms with Crippen LogP contribution in [0.3, 0.4) is 0 Å². The van der Waals surface area contributed by atoms with Gasteiger partial charge < -0.3 is 25.4 Å². The van der Waals surface area contributed by atoms with Crippen LogP contribution < -0.4 is 10.6 Å². The molecule has 0 spiro atoms. The number of benzene rings is 4. The second-order valence-corrected chi connectivity index (χ2v) is 13.7. The maximum Gasteiger partial charge on any atom is 0.258 e. The zero-order valence-corrected chi connectivity index (χ0v) is 27.0. The van der Waals surface area contributed by atoms with Crippen LogP contribution in [-0.4, -0.2) is 65.7 Å². The Morgan fingerprint density at radius 3 is 2.33 bits per heavy atom. The summed E-state index contributed by atoms with van der Waals surface area (Å²) in [7, 11) is 2.06. The maximum absolute atomic E-state index is 13.7. The number of fused-ring (bicyclic) bond motifs is 4. The second kappa shape index (κ2) is 10.8. The molecule has 1 fully saturated rings. The molecule has 7 rings (SSSR count). The van der Waals surface area contributed by atoms with E-state index in [-0.39, 0.29) is 17.2 Å². The molecule has 3 amide bonds. The number of aromatic amines is 1. The summed E-state index contributed by atoms with van der Waals surface area (Å²) in [6.07, 6.45) is 0. The summed E-state index contributed by atoms with van der Waals surface area (Å²) in [6, 6.07) is 21.6. The molecular weight excluding hydrogens is 574 g/mol. The van der Waals surface area contributed by atoms with Gasteiger partial charge in [-0.05, 0) is 77.5 Å². The fraction of sp³-hybridized carbons (Fsp3) is 0.289. The lowest BCUT2D eigenvalue weighted by molar-refractivity contribution is 0.0664. The van der Waals surface area contributed by atoms with Crippen LogP contribution in [0.4, 0.5) is 5.69 Å². The number of nitrogens with two attached hydrogens (primary N) is 1. The minimum Gasteiger partial charge on any atom is -0.366 e. The number of carbonyl (C=O) groups excluding carboxylic acids is 3. The predicted octanol–water partition coefficient (Wildman–Crippen LogP) is 6.24. The monoisotopic (exact) mass is 613 g/mol. The first-order valence-corrected chi connectivity index (χ1v) is 15.8. The van der Waals surface area contributed by atoms with Gasteiger partial charge in [-0.25, -0.2) is 0 Å². The number of nitrogens with one attached hydrogen (secondary N) is 1. The molecule has 46 heavy (non-hydrogen) atoms. The van der Waals surface area contributed by atoms with Crippen LogP contribution in [0.25, 0.3) is 32.9 Å². The molecule has 5 aromatic rings. The van der Waals surface area contributed by atoms with E-state index in [2.05, 4.69) is 49.8 Å². The molecule has 0 saturated carbocycles. The van der Waals surface area contributed by atoms with E-state index in [1.165, 1.54) is 5.56 Å². The van der Waals surface area contributed by atoms with Gasteiger partial charge in [0.15, 0.2) is 0 Å². The lowest BCUT2D eigenvalue weighted by Gasteiger charge is -2.32. The van der Waals surface area contributed by atoms with Gasteiger partial charge in [0.1, 0.15) is 0 Å². The van der Waals surface area contributed by atoms with Crippen molar-refractivity contribution in [1.29, 1.82) is 0 Å². The minimum absolute atomic E-state index is 0.00144. The number of hydrogen-bond donors (Lipinski definition) is 2. The number of amides is 3. The van der Waals surface area contributed by atoms with Gasteiger partial charge in [0.25, 0.3) is 17.7 Å². The van der Waals surface area contributed by atoms with Crippen molar-refractivity contribution in [3.8, 4) is 11.1 Å². The van der Waals surface area contributed by atoms with Crippen LogP contribution in [0, 0.1) is 6.92 Å². The fourth-order valence-corrected chi connectivity index (χ4v) is 6.96. The van der Waals surface area contributed by atoms with Crippen LogP contribution in [0.1, 0.15) is 68.5 Å². The normalized spacial score (nSPS) is 15.6. The highest BCUT2D eigenvalue weighted by Crippen LogP contribution is 2.41. The molecule has 0 bridgehead atoms. The first-order chi connectivity index (χ1) is 21.9. The molecule has 3 heterocycles. The van der Waals surface area contributed by atoms with Crippen molar-refractivity contribution in [3.63, 3.8) is 0 Å². The van der Waals surface area contributed by atoms with Gasteiger partial charge in [0.05, 0.1) is 17.6 Å². The van der Waals surface area contributed by atoms with E-state index < -0.39 is 5.91 Å². The lowest BCUT2D eigenvalue weighted by Crippen LogP contribution is -2.47. The lowest BCUT2D eigenvalue weighted by atomic mass is 9.85. The van der Waals surface area contributed by atoms with Crippen LogP contribution in [0.5, 0.6) is 0 Å². The van der Waals surface area contributed by atoms with Crippen LogP contribution in [-0.2, 0) is 12.0 Å². The topological polar surface area (TPSA) is 103 Å². The number of hydrogen-bond acceptors (Lipinski definition) is 4. The highest BCUT2D eigenvalue weighted by molar-refractivity contribution is 6.21. The van der Waals surface area contributed by atoms with Crippen LogP contribution in [0.2, 0.25) is 0 Å². The molecule has 234 valence electrons. The summed E-state index contributed by atoms with van der Waals surface area (Å²) >= 11 is 0. The van der Waals surface area contributed by atoms with Gasteiger partial charge in [-0.3, -0.25) is 14.4 Å². The second-order valence-electron chi connectivity index (χ2n) is 13.7. The number of likely N-dealkylation sites (N-methyl/N-ethyl adjacent to an activating group) is 1. The number of anilines is 1. The van der Waals surface area contributed by atoms with E-state index in [0.29, 0.717) is 36.3 Å². The molecule has 8 heteroatoms. The first-order valence-electron chi connectivity index (χ1n) is 15.8. The summed E-state index contributed by atoms with van der Waals surface area (Å²) in [6.45, 7) is 12.2. The largest absolute Gasteiger partial charge is 0.366 e.